The molecule has 0 N–H and O–H groups in total. The third-order valence-corrected chi connectivity index (χ3v) is 13.9. The summed E-state index contributed by atoms with van der Waals surface area (Å²) in [6, 6.07) is 71.2. The molecule has 0 aliphatic carbocycles. The molecule has 8 aromatic carbocycles. The van der Waals surface area contributed by atoms with E-state index in [9.17, 15) is 0 Å². The molecule has 3 nitrogen and oxygen atoms in total. The normalized spacial score (nSPS) is 11.7. The lowest BCUT2D eigenvalue weighted by Gasteiger charge is -2.13. The van der Waals surface area contributed by atoms with Crippen LogP contribution >= 0.6 is 22.7 Å². The lowest BCUT2D eigenvalue weighted by Crippen LogP contribution is -1.96. The maximum absolute atomic E-state index is 5.52. The molecule has 0 radical (unpaired) electrons. The lowest BCUT2D eigenvalue weighted by molar-refractivity contribution is 1.19. The van der Waals surface area contributed by atoms with Crippen LogP contribution in [0.15, 0.2) is 200 Å². The fourth-order valence-corrected chi connectivity index (χ4v) is 11.1. The number of aromatic nitrogens is 3. The summed E-state index contributed by atoms with van der Waals surface area (Å²) in [6.07, 6.45) is 0. The average Bonchev–Trinajstić information content (AvgIpc) is 3.91. The standard InChI is InChI=1S/C55H33N3S2/c1-3-14-34(15-4-1)35-28-30-36(31-29-35)40-22-13-25-45-50(40)51-44-21-8-10-27-49(44)60-54(51)52(56-45)39-19-11-18-38(32-39)46-33-47(58-55(57-46)37-16-5-2-6-17-37)43-24-12-23-42-41-20-7-9-26-48(41)59-53(42)43/h1-33H. The number of nitrogens with zero attached hydrogens (tertiary/aromatic N) is 3. The van der Waals surface area contributed by atoms with Gasteiger partial charge in [-0.2, -0.15) is 0 Å². The summed E-state index contributed by atoms with van der Waals surface area (Å²) in [6.45, 7) is 0. The van der Waals surface area contributed by atoms with E-state index in [4.69, 9.17) is 15.0 Å². The molecule has 0 saturated carbocycles. The van der Waals surface area contributed by atoms with E-state index in [1.165, 1.54) is 68.0 Å². The van der Waals surface area contributed by atoms with Crippen molar-refractivity contribution in [2.24, 2.45) is 0 Å². The summed E-state index contributed by atoms with van der Waals surface area (Å²) < 4.78 is 4.93. The predicted molar refractivity (Wildman–Crippen MR) is 256 cm³/mol. The summed E-state index contributed by atoms with van der Waals surface area (Å²) in [5.41, 5.74) is 12.7. The van der Waals surface area contributed by atoms with Crippen LogP contribution in [0.3, 0.4) is 0 Å². The Labute approximate surface area is 354 Å². The van der Waals surface area contributed by atoms with Crippen molar-refractivity contribution >= 4 is 73.9 Å². The van der Waals surface area contributed by atoms with E-state index in [1.807, 2.05) is 40.9 Å². The molecule has 0 unspecified atom stereocenters. The zero-order valence-electron chi connectivity index (χ0n) is 32.2. The summed E-state index contributed by atoms with van der Waals surface area (Å²) in [4.78, 5) is 16.0. The Morgan fingerprint density at radius 2 is 0.883 bits per heavy atom. The van der Waals surface area contributed by atoms with Gasteiger partial charge >= 0.3 is 0 Å². The zero-order valence-corrected chi connectivity index (χ0v) is 33.8. The Hall–Kier alpha value is -7.31. The van der Waals surface area contributed by atoms with E-state index in [0.717, 1.165) is 44.9 Å². The van der Waals surface area contributed by atoms with Crippen LogP contribution in [0.5, 0.6) is 0 Å². The highest BCUT2D eigenvalue weighted by atomic mass is 32.1. The molecule has 60 heavy (non-hydrogen) atoms. The first kappa shape index (κ1) is 34.7. The first-order chi connectivity index (χ1) is 29.7. The molecule has 280 valence electrons. The minimum absolute atomic E-state index is 0.701. The summed E-state index contributed by atoms with van der Waals surface area (Å²) in [7, 11) is 0. The van der Waals surface area contributed by atoms with Gasteiger partial charge in [0, 0.05) is 63.3 Å². The lowest BCUT2D eigenvalue weighted by atomic mass is 9.94. The van der Waals surface area contributed by atoms with Gasteiger partial charge in [-0.25, -0.2) is 15.0 Å². The molecular weight excluding hydrogens is 767 g/mol. The first-order valence-electron chi connectivity index (χ1n) is 20.1. The quantitative estimate of drug-likeness (QED) is 0.168. The van der Waals surface area contributed by atoms with Gasteiger partial charge < -0.3 is 0 Å². The molecule has 0 bridgehead atoms. The number of fused-ring (bicyclic) bond motifs is 8. The molecule has 12 aromatic rings. The molecule has 5 heteroatoms. The van der Waals surface area contributed by atoms with E-state index in [2.05, 4.69) is 182 Å². The van der Waals surface area contributed by atoms with Gasteiger partial charge in [0.25, 0.3) is 0 Å². The molecule has 4 aromatic heterocycles. The number of thiophene rings is 2. The molecule has 0 fully saturated rings. The number of hydrogen-bond donors (Lipinski definition) is 0. The van der Waals surface area contributed by atoms with Gasteiger partial charge in [0.05, 0.1) is 27.3 Å². The summed E-state index contributed by atoms with van der Waals surface area (Å²) in [5, 5.41) is 6.20. The van der Waals surface area contributed by atoms with Crippen molar-refractivity contribution in [2.45, 2.75) is 0 Å². The number of rotatable bonds is 6. The maximum atomic E-state index is 5.52. The van der Waals surface area contributed by atoms with Gasteiger partial charge in [-0.3, -0.25) is 0 Å². The monoisotopic (exact) mass is 799 g/mol. The minimum Gasteiger partial charge on any atom is -0.246 e. The van der Waals surface area contributed by atoms with Crippen LogP contribution in [0, 0.1) is 0 Å². The Morgan fingerprint density at radius 3 is 1.70 bits per heavy atom. The molecule has 0 atom stereocenters. The van der Waals surface area contributed by atoms with Crippen LogP contribution in [0.4, 0.5) is 0 Å². The van der Waals surface area contributed by atoms with Crippen LogP contribution in [0.2, 0.25) is 0 Å². The number of benzene rings is 8. The third kappa shape index (κ3) is 5.82. The molecule has 12 rings (SSSR count). The van der Waals surface area contributed by atoms with Gasteiger partial charge in [-0.05, 0) is 52.6 Å². The number of pyridine rings is 1. The molecule has 0 saturated heterocycles. The van der Waals surface area contributed by atoms with Gasteiger partial charge in [0.1, 0.15) is 0 Å². The Balaban J connectivity index is 1.04. The van der Waals surface area contributed by atoms with Crippen LogP contribution in [0.1, 0.15) is 0 Å². The molecule has 0 aliphatic heterocycles. The highest BCUT2D eigenvalue weighted by Gasteiger charge is 2.20. The first-order valence-corrected chi connectivity index (χ1v) is 21.7. The molecular formula is C55H33N3S2. The van der Waals surface area contributed by atoms with Crippen LogP contribution in [0.25, 0.3) is 119 Å². The SMILES string of the molecule is c1ccc(-c2ccc(-c3cccc4nc(-c5cccc(-c6cc(-c7cccc8c7sc7ccccc78)nc(-c7ccccc7)n6)c5)c5sc6ccccc6c5c34)cc2)cc1. The predicted octanol–water partition coefficient (Wildman–Crippen LogP) is 15.8. The maximum Gasteiger partial charge on any atom is 0.160 e. The average molecular weight is 800 g/mol. The van der Waals surface area contributed by atoms with E-state index in [-0.39, 0.29) is 0 Å². The Kier molecular flexibility index (Phi) is 8.22. The van der Waals surface area contributed by atoms with E-state index in [1.54, 1.807) is 0 Å². The second-order valence-electron chi connectivity index (χ2n) is 15.1. The topological polar surface area (TPSA) is 38.7 Å². The van der Waals surface area contributed by atoms with Gasteiger partial charge in [0.2, 0.25) is 0 Å². The molecule has 4 heterocycles. The van der Waals surface area contributed by atoms with Crippen molar-refractivity contribution in [1.82, 2.24) is 15.0 Å². The van der Waals surface area contributed by atoms with Crippen molar-refractivity contribution < 1.29 is 0 Å². The van der Waals surface area contributed by atoms with Gasteiger partial charge in [0.15, 0.2) is 5.82 Å². The highest BCUT2D eigenvalue weighted by molar-refractivity contribution is 7.26. The van der Waals surface area contributed by atoms with E-state index < -0.39 is 0 Å². The highest BCUT2D eigenvalue weighted by Crippen LogP contribution is 2.46. The largest absolute Gasteiger partial charge is 0.246 e. The van der Waals surface area contributed by atoms with Gasteiger partial charge in [-0.15, -0.1) is 22.7 Å². The van der Waals surface area contributed by atoms with Crippen LogP contribution < -0.4 is 0 Å². The van der Waals surface area contributed by atoms with Crippen molar-refractivity contribution in [3.8, 4) is 67.4 Å². The molecule has 0 amide bonds. The number of hydrogen-bond acceptors (Lipinski definition) is 5. The fourth-order valence-electron chi connectivity index (χ4n) is 8.66. The molecule has 0 aliphatic rings. The summed E-state index contributed by atoms with van der Waals surface area (Å²) >= 11 is 3.64. The molecule has 0 spiro atoms. The van der Waals surface area contributed by atoms with Crippen LogP contribution in [-0.4, -0.2) is 15.0 Å². The fraction of sp³-hybridized carbons (Fsp3) is 0. The van der Waals surface area contributed by atoms with E-state index >= 15 is 0 Å². The second-order valence-corrected chi connectivity index (χ2v) is 17.2. The second kappa shape index (κ2) is 14.2. The van der Waals surface area contributed by atoms with Crippen LogP contribution in [-0.2, 0) is 0 Å². The van der Waals surface area contributed by atoms with Crippen molar-refractivity contribution in [3.63, 3.8) is 0 Å². The Bertz CT molecular complexity index is 3590. The zero-order chi connectivity index (χ0) is 39.6. The minimum atomic E-state index is 0.701. The Morgan fingerprint density at radius 1 is 0.317 bits per heavy atom. The van der Waals surface area contributed by atoms with E-state index in [0.29, 0.717) is 5.82 Å². The van der Waals surface area contributed by atoms with Crippen molar-refractivity contribution in [1.29, 1.82) is 0 Å². The summed E-state index contributed by atoms with van der Waals surface area (Å²) in [5.74, 6) is 0.701. The third-order valence-electron chi connectivity index (χ3n) is 11.5. The van der Waals surface area contributed by atoms with Gasteiger partial charge in [-0.1, -0.05) is 170 Å². The van der Waals surface area contributed by atoms with Crippen molar-refractivity contribution in [3.05, 3.63) is 200 Å². The smallest absolute Gasteiger partial charge is 0.160 e. The van der Waals surface area contributed by atoms with Crippen molar-refractivity contribution in [2.75, 3.05) is 0 Å².